The Balaban J connectivity index is 1.25. The summed E-state index contributed by atoms with van der Waals surface area (Å²) in [5, 5.41) is 27.5. The number of benzene rings is 4. The smallest absolute Gasteiger partial charge is 0.410 e. The quantitative estimate of drug-likeness (QED) is 0.0253. The zero-order valence-corrected chi connectivity index (χ0v) is 45.3. The van der Waals surface area contributed by atoms with E-state index in [0.29, 0.717) is 37.6 Å². The Labute approximate surface area is 452 Å². The molecule has 0 spiro atoms. The number of hydrogen-bond donors (Lipinski definition) is 2. The van der Waals surface area contributed by atoms with Crippen LogP contribution in [0.5, 0.6) is 11.5 Å². The number of fused-ring (bicyclic) bond motifs is 3. The minimum atomic E-state index is -1.46. The summed E-state index contributed by atoms with van der Waals surface area (Å²) in [4.78, 5) is 28.4. The third kappa shape index (κ3) is 14.3. The van der Waals surface area contributed by atoms with Crippen LogP contribution in [0.15, 0.2) is 139 Å². The van der Waals surface area contributed by atoms with Gasteiger partial charge in [-0.2, -0.15) is 0 Å². The number of nitrogens with zero attached hydrogens (tertiary/aromatic N) is 3. The highest BCUT2D eigenvalue weighted by Gasteiger charge is 2.66. The van der Waals surface area contributed by atoms with Crippen molar-refractivity contribution < 1.29 is 38.8 Å². The highest BCUT2D eigenvalue weighted by Crippen LogP contribution is 2.62. The number of aliphatic hydroxyl groups excluding tert-OH is 2. The number of pyridine rings is 1. The number of carbonyl (C=O) groups excluding carboxylic acids is 1. The number of ether oxygens (including phenoxy) is 4. The summed E-state index contributed by atoms with van der Waals surface area (Å²) in [7, 11) is 0. The van der Waals surface area contributed by atoms with Gasteiger partial charge in [0.1, 0.15) is 30.8 Å². The molecule has 3 aliphatic rings. The first kappa shape index (κ1) is 56.2. The number of aryl methyl sites for hydroxylation is 1. The van der Waals surface area contributed by atoms with Gasteiger partial charge in [-0.25, -0.2) is 4.79 Å². The molecule has 1 saturated carbocycles. The molecule has 1 fully saturated rings. The number of allylic oxidation sites excluding steroid dienone is 1. The molecule has 406 valence electrons. The SMILES string of the molecule is C=CCOC12Oc3ccc(OCc4cccc(C)n4)cc3C3C(CCCCO)C(CCCCO)C=C(C(=NOCc4ccccc4)CC1N(Cc1cccc4ccccc14)C(=O)OCCCCCCCCCCCC)C32. The van der Waals surface area contributed by atoms with Crippen LogP contribution < -0.4 is 9.47 Å². The maximum absolute atomic E-state index is 15.4. The summed E-state index contributed by atoms with van der Waals surface area (Å²) in [6.45, 7) is 9.80. The number of rotatable bonds is 31. The van der Waals surface area contributed by atoms with E-state index in [1.807, 2.05) is 90.7 Å². The van der Waals surface area contributed by atoms with Crippen LogP contribution in [0.1, 0.15) is 150 Å². The van der Waals surface area contributed by atoms with Crippen LogP contribution in [-0.4, -0.2) is 70.2 Å². The van der Waals surface area contributed by atoms with E-state index in [9.17, 15) is 10.2 Å². The fourth-order valence-corrected chi connectivity index (χ4v) is 12.1. The van der Waals surface area contributed by atoms with E-state index < -0.39 is 23.8 Å². The molecule has 8 rings (SSSR count). The molecule has 1 aromatic heterocycles. The van der Waals surface area contributed by atoms with Gasteiger partial charge in [-0.15, -0.1) is 6.58 Å². The third-order valence-corrected chi connectivity index (χ3v) is 15.8. The first-order chi connectivity index (χ1) is 37.4. The molecule has 5 aromatic rings. The van der Waals surface area contributed by atoms with Crippen LogP contribution in [0.25, 0.3) is 10.8 Å². The lowest BCUT2D eigenvalue weighted by atomic mass is 9.55. The Kier molecular flexibility index (Phi) is 21.4. The molecular formula is C65H83N3O8. The predicted octanol–water partition coefficient (Wildman–Crippen LogP) is 14.5. The maximum Gasteiger partial charge on any atom is 0.410 e. The lowest BCUT2D eigenvalue weighted by Gasteiger charge is -2.60. The van der Waals surface area contributed by atoms with Gasteiger partial charge >= 0.3 is 6.09 Å². The molecule has 0 saturated heterocycles. The Hall–Kier alpha value is -6.01. The van der Waals surface area contributed by atoms with Crippen molar-refractivity contribution in [2.24, 2.45) is 22.9 Å². The van der Waals surface area contributed by atoms with Crippen molar-refractivity contribution in [2.75, 3.05) is 26.4 Å². The van der Waals surface area contributed by atoms with Crippen molar-refractivity contribution in [3.8, 4) is 11.5 Å². The standard InChI is InChI=1S/C65H83N3O8/c1-4-6-7-8-9-10-11-12-13-23-41-72-64(71)68(45-52-32-25-31-50-29-17-18-34-55(50)52)61-44-59(67-75-46-49-27-15-14-16-28-49)57-42-51(30-19-21-38-69)56(35-20-22-39-70)62-58-43-54(73-47-53-33-24-26-48(3)66-53)36-37-60(58)76-65(61,63(57)62)74-40-5-2/h5,14-18,24-29,31-34,36-37,42-43,51,56,61-63,69-70H,2,4,6-13,19-23,30,35,38-41,44-47H2,1,3H3. The molecule has 2 N–H and O–H groups in total. The van der Waals surface area contributed by atoms with Gasteiger partial charge in [-0.05, 0) is 109 Å². The van der Waals surface area contributed by atoms with Crippen molar-refractivity contribution in [3.63, 3.8) is 0 Å². The van der Waals surface area contributed by atoms with Gasteiger partial charge in [0.15, 0.2) is 0 Å². The molecule has 6 atom stereocenters. The highest BCUT2D eigenvalue weighted by molar-refractivity contribution is 6.03. The summed E-state index contributed by atoms with van der Waals surface area (Å²) in [5.74, 6) is -0.728. The fourth-order valence-electron chi connectivity index (χ4n) is 12.1. The first-order valence-corrected chi connectivity index (χ1v) is 28.6. The Bertz CT molecular complexity index is 2670. The predicted molar refractivity (Wildman–Crippen MR) is 302 cm³/mol. The first-order valence-electron chi connectivity index (χ1n) is 28.6. The zero-order valence-electron chi connectivity index (χ0n) is 45.3. The summed E-state index contributed by atoms with van der Waals surface area (Å²) < 4.78 is 27.9. The Morgan fingerprint density at radius 2 is 1.54 bits per heavy atom. The normalized spacial score (nSPS) is 21.0. The fraction of sp³-hybridized carbons (Fsp3) is 0.492. The van der Waals surface area contributed by atoms with Crippen LogP contribution in [0.2, 0.25) is 0 Å². The Morgan fingerprint density at radius 3 is 2.30 bits per heavy atom. The molecular weight excluding hydrogens is 951 g/mol. The van der Waals surface area contributed by atoms with Crippen LogP contribution in [0.3, 0.4) is 0 Å². The van der Waals surface area contributed by atoms with Crippen LogP contribution in [0, 0.1) is 24.7 Å². The van der Waals surface area contributed by atoms with Gasteiger partial charge in [0.2, 0.25) is 5.79 Å². The lowest BCUT2D eigenvalue weighted by molar-refractivity contribution is -0.256. The lowest BCUT2D eigenvalue weighted by Crippen LogP contribution is -2.70. The number of unbranched alkanes of at least 4 members (excludes halogenated alkanes) is 11. The summed E-state index contributed by atoms with van der Waals surface area (Å²) in [6.07, 6.45) is 20.3. The molecule has 2 aliphatic carbocycles. The van der Waals surface area contributed by atoms with Gasteiger partial charge in [-0.1, -0.05) is 174 Å². The monoisotopic (exact) mass is 1030 g/mol. The van der Waals surface area contributed by atoms with E-state index in [1.54, 1.807) is 6.08 Å². The van der Waals surface area contributed by atoms with Crippen molar-refractivity contribution in [1.29, 1.82) is 0 Å². The number of aliphatic hydroxyl groups is 2. The number of carbonyl (C=O) groups is 1. The largest absolute Gasteiger partial charge is 0.487 e. The Morgan fingerprint density at radius 1 is 0.816 bits per heavy atom. The van der Waals surface area contributed by atoms with Crippen molar-refractivity contribution in [2.45, 2.75) is 161 Å². The highest BCUT2D eigenvalue weighted by atomic mass is 16.7. The van der Waals surface area contributed by atoms with Crippen LogP contribution in [-0.2, 0) is 34.1 Å². The molecule has 76 heavy (non-hydrogen) atoms. The topological polar surface area (TPSA) is 132 Å². The van der Waals surface area contributed by atoms with Gasteiger partial charge in [0.05, 0.1) is 37.1 Å². The summed E-state index contributed by atoms with van der Waals surface area (Å²) >= 11 is 0. The number of amides is 1. The number of hydrogen-bond acceptors (Lipinski definition) is 10. The van der Waals surface area contributed by atoms with Gasteiger partial charge in [0.25, 0.3) is 0 Å². The average Bonchev–Trinajstić information content (AvgIpc) is 3.62. The van der Waals surface area contributed by atoms with E-state index in [2.05, 4.69) is 49.9 Å². The molecule has 6 unspecified atom stereocenters. The molecule has 2 heterocycles. The van der Waals surface area contributed by atoms with Gasteiger partial charge < -0.3 is 34.0 Å². The molecule has 4 aromatic carbocycles. The molecule has 11 heteroatoms. The third-order valence-electron chi connectivity index (χ3n) is 15.8. The molecule has 0 radical (unpaired) electrons. The van der Waals surface area contributed by atoms with Crippen molar-refractivity contribution >= 4 is 22.6 Å². The molecule has 1 aliphatic heterocycles. The zero-order chi connectivity index (χ0) is 53.0. The maximum atomic E-state index is 15.4. The van der Waals surface area contributed by atoms with E-state index in [4.69, 9.17) is 33.9 Å². The molecule has 1 amide bonds. The second-order valence-corrected chi connectivity index (χ2v) is 21.2. The molecule has 0 bridgehead atoms. The second-order valence-electron chi connectivity index (χ2n) is 21.2. The van der Waals surface area contributed by atoms with E-state index in [1.165, 1.54) is 44.9 Å². The number of aromatic nitrogens is 1. The minimum Gasteiger partial charge on any atom is -0.487 e. The van der Waals surface area contributed by atoms with Gasteiger partial charge in [0, 0.05) is 36.8 Å². The van der Waals surface area contributed by atoms with E-state index in [0.717, 1.165) is 95.1 Å². The van der Waals surface area contributed by atoms with Crippen molar-refractivity contribution in [3.05, 3.63) is 162 Å². The van der Waals surface area contributed by atoms with Crippen LogP contribution in [0.4, 0.5) is 4.79 Å². The van der Waals surface area contributed by atoms with Gasteiger partial charge in [-0.3, -0.25) is 9.88 Å². The summed E-state index contributed by atoms with van der Waals surface area (Å²) in [5.41, 5.74) is 6.39. The average molecular weight is 1030 g/mol. The van der Waals surface area contributed by atoms with Crippen molar-refractivity contribution in [1.82, 2.24) is 9.88 Å². The minimum absolute atomic E-state index is 0.0436. The number of oxime groups is 1. The molecule has 11 nitrogen and oxygen atoms in total. The summed E-state index contributed by atoms with van der Waals surface area (Å²) in [6, 6.07) is 35.8. The van der Waals surface area contributed by atoms with E-state index >= 15 is 4.79 Å². The van der Waals surface area contributed by atoms with Crippen LogP contribution >= 0.6 is 0 Å². The second kappa shape index (κ2) is 28.9. The van der Waals surface area contributed by atoms with E-state index in [-0.39, 0.29) is 57.1 Å².